The molecule has 1 aromatic heterocycles. The average Bonchev–Trinajstić information content (AvgIpc) is 3.24. The van der Waals surface area contributed by atoms with Crippen molar-refractivity contribution in [1.29, 1.82) is 0 Å². The van der Waals surface area contributed by atoms with Crippen molar-refractivity contribution < 1.29 is 14.3 Å². The van der Waals surface area contributed by atoms with Crippen molar-refractivity contribution in [2.24, 2.45) is 7.05 Å². The summed E-state index contributed by atoms with van der Waals surface area (Å²) >= 11 is 1.35. The van der Waals surface area contributed by atoms with Crippen LogP contribution >= 0.6 is 11.8 Å². The molecule has 1 aromatic carbocycles. The third-order valence-corrected chi connectivity index (χ3v) is 4.63. The Labute approximate surface area is 144 Å². The summed E-state index contributed by atoms with van der Waals surface area (Å²) in [7, 11) is 1.84. The monoisotopic (exact) mass is 348 g/mol. The lowest BCUT2D eigenvalue weighted by Gasteiger charge is -2.12. The summed E-state index contributed by atoms with van der Waals surface area (Å²) in [4.78, 5) is 12.0. The zero-order chi connectivity index (χ0) is 16.8. The van der Waals surface area contributed by atoms with Gasteiger partial charge >= 0.3 is 0 Å². The smallest absolute Gasteiger partial charge is 0.234 e. The van der Waals surface area contributed by atoms with Crippen LogP contribution in [0.3, 0.4) is 0 Å². The number of amides is 1. The van der Waals surface area contributed by atoms with E-state index in [-0.39, 0.29) is 17.8 Å². The van der Waals surface area contributed by atoms with Crippen LogP contribution < -0.4 is 10.1 Å². The molecule has 1 atom stereocenters. The van der Waals surface area contributed by atoms with E-state index >= 15 is 0 Å². The molecule has 1 unspecified atom stereocenters. The Morgan fingerprint density at radius 1 is 1.46 bits per heavy atom. The number of hydrogen-bond donors (Lipinski definition) is 1. The maximum Gasteiger partial charge on any atom is 0.234 e. The van der Waals surface area contributed by atoms with Gasteiger partial charge in [0.05, 0.1) is 11.9 Å². The lowest BCUT2D eigenvalue weighted by atomic mass is 10.2. The van der Waals surface area contributed by atoms with Gasteiger partial charge in [-0.1, -0.05) is 11.8 Å². The fourth-order valence-electron chi connectivity index (χ4n) is 2.33. The number of nitrogens with one attached hydrogen (secondary N) is 1. The molecule has 1 saturated heterocycles. The number of aryl methyl sites for hydroxylation is 1. The third-order valence-electron chi connectivity index (χ3n) is 3.60. The summed E-state index contributed by atoms with van der Waals surface area (Å²) in [6.07, 6.45) is 3.96. The van der Waals surface area contributed by atoms with Gasteiger partial charge in [0.15, 0.2) is 5.16 Å². The molecule has 1 N–H and O–H groups in total. The summed E-state index contributed by atoms with van der Waals surface area (Å²) in [6.45, 7) is 1.39. The van der Waals surface area contributed by atoms with Crippen molar-refractivity contribution in [3.63, 3.8) is 0 Å². The van der Waals surface area contributed by atoms with Gasteiger partial charge in [-0.05, 0) is 37.1 Å². The highest BCUT2D eigenvalue weighted by Crippen LogP contribution is 2.19. The van der Waals surface area contributed by atoms with E-state index in [0.29, 0.717) is 11.8 Å². The molecule has 1 fully saturated rings. The summed E-state index contributed by atoms with van der Waals surface area (Å²) in [5, 5.41) is 11.3. The molecular formula is C16H20N4O3S. The van der Waals surface area contributed by atoms with E-state index in [4.69, 9.17) is 9.47 Å². The van der Waals surface area contributed by atoms with E-state index in [2.05, 4.69) is 15.5 Å². The van der Waals surface area contributed by atoms with Gasteiger partial charge in [0.25, 0.3) is 0 Å². The van der Waals surface area contributed by atoms with Crippen molar-refractivity contribution in [2.75, 3.05) is 24.3 Å². The standard InChI is InChI=1S/C16H20N4O3S/c1-20-11-17-19-16(20)24-10-15(21)18-12-4-6-13(7-5-12)23-9-14-3-2-8-22-14/h4-7,11,14H,2-3,8-10H2,1H3,(H,18,21). The summed E-state index contributed by atoms with van der Waals surface area (Å²) in [5.74, 6) is 0.969. The van der Waals surface area contributed by atoms with E-state index in [1.54, 1.807) is 10.9 Å². The Morgan fingerprint density at radius 2 is 2.29 bits per heavy atom. The zero-order valence-electron chi connectivity index (χ0n) is 13.5. The Balaban J connectivity index is 1.43. The van der Waals surface area contributed by atoms with Crippen LogP contribution in [0.15, 0.2) is 35.7 Å². The van der Waals surface area contributed by atoms with E-state index in [9.17, 15) is 4.79 Å². The Morgan fingerprint density at radius 3 is 2.96 bits per heavy atom. The summed E-state index contributed by atoms with van der Waals surface area (Å²) in [5.41, 5.74) is 0.739. The van der Waals surface area contributed by atoms with Crippen LogP contribution in [-0.2, 0) is 16.6 Å². The van der Waals surface area contributed by atoms with Crippen molar-refractivity contribution >= 4 is 23.4 Å². The maximum atomic E-state index is 12.0. The number of benzene rings is 1. The minimum atomic E-state index is -0.0870. The topological polar surface area (TPSA) is 78.3 Å². The number of anilines is 1. The normalized spacial score (nSPS) is 17.0. The fourth-order valence-corrected chi connectivity index (χ4v) is 3.02. The minimum Gasteiger partial charge on any atom is -0.491 e. The molecule has 128 valence electrons. The van der Waals surface area contributed by atoms with Crippen LogP contribution in [0.5, 0.6) is 5.75 Å². The van der Waals surface area contributed by atoms with Gasteiger partial charge in [0.2, 0.25) is 5.91 Å². The lowest BCUT2D eigenvalue weighted by molar-refractivity contribution is -0.113. The molecule has 1 amide bonds. The van der Waals surface area contributed by atoms with Crippen LogP contribution in [0.4, 0.5) is 5.69 Å². The predicted octanol–water partition coefficient (Wildman–Crippen LogP) is 2.10. The van der Waals surface area contributed by atoms with Crippen molar-refractivity contribution in [1.82, 2.24) is 14.8 Å². The molecule has 0 saturated carbocycles. The second kappa shape index (κ2) is 8.16. The number of hydrogen-bond acceptors (Lipinski definition) is 6. The molecule has 2 aromatic rings. The van der Waals surface area contributed by atoms with Crippen molar-refractivity contribution in [3.05, 3.63) is 30.6 Å². The van der Waals surface area contributed by atoms with E-state index < -0.39 is 0 Å². The van der Waals surface area contributed by atoms with Gasteiger partial charge in [-0.2, -0.15) is 0 Å². The Kier molecular flexibility index (Phi) is 5.71. The second-order valence-electron chi connectivity index (χ2n) is 5.53. The summed E-state index contributed by atoms with van der Waals surface area (Å²) < 4.78 is 13.0. The SMILES string of the molecule is Cn1cnnc1SCC(=O)Nc1ccc(OCC2CCCO2)cc1. The number of thioether (sulfide) groups is 1. The highest BCUT2D eigenvalue weighted by atomic mass is 32.2. The lowest BCUT2D eigenvalue weighted by Crippen LogP contribution is -2.16. The van der Waals surface area contributed by atoms with Crippen LogP contribution in [0.25, 0.3) is 0 Å². The summed E-state index contributed by atoms with van der Waals surface area (Å²) in [6, 6.07) is 7.35. The number of carbonyl (C=O) groups excluding carboxylic acids is 1. The first-order valence-corrected chi connectivity index (χ1v) is 8.80. The molecule has 7 nitrogen and oxygen atoms in total. The van der Waals surface area contributed by atoms with Crippen molar-refractivity contribution in [3.8, 4) is 5.75 Å². The first-order chi connectivity index (χ1) is 11.7. The van der Waals surface area contributed by atoms with Gasteiger partial charge in [0.1, 0.15) is 18.7 Å². The van der Waals surface area contributed by atoms with Gasteiger partial charge in [0, 0.05) is 19.3 Å². The largest absolute Gasteiger partial charge is 0.491 e. The van der Waals surface area contributed by atoms with Crippen LogP contribution in [0.1, 0.15) is 12.8 Å². The maximum absolute atomic E-state index is 12.0. The fraction of sp³-hybridized carbons (Fsp3) is 0.438. The second-order valence-corrected chi connectivity index (χ2v) is 6.47. The van der Waals surface area contributed by atoms with Gasteiger partial charge < -0.3 is 19.4 Å². The molecule has 8 heteroatoms. The zero-order valence-corrected chi connectivity index (χ0v) is 14.3. The first kappa shape index (κ1) is 16.8. The molecule has 0 aliphatic carbocycles. The molecule has 0 bridgehead atoms. The van der Waals surface area contributed by atoms with Crippen molar-refractivity contribution in [2.45, 2.75) is 24.1 Å². The molecule has 0 radical (unpaired) electrons. The predicted molar refractivity (Wildman–Crippen MR) is 91.3 cm³/mol. The van der Waals surface area contributed by atoms with Gasteiger partial charge in [-0.25, -0.2) is 0 Å². The minimum absolute atomic E-state index is 0.0870. The Bertz CT molecular complexity index is 668. The van der Waals surface area contributed by atoms with E-state index in [1.165, 1.54) is 11.8 Å². The Hall–Kier alpha value is -2.06. The highest BCUT2D eigenvalue weighted by Gasteiger charge is 2.15. The van der Waals surface area contributed by atoms with Crippen LogP contribution in [-0.4, -0.2) is 45.7 Å². The van der Waals surface area contributed by atoms with Crippen LogP contribution in [0.2, 0.25) is 0 Å². The van der Waals surface area contributed by atoms with Crippen LogP contribution in [0, 0.1) is 0 Å². The molecule has 1 aliphatic rings. The molecule has 0 spiro atoms. The highest BCUT2D eigenvalue weighted by molar-refractivity contribution is 7.99. The molecule has 3 rings (SSSR count). The quantitative estimate of drug-likeness (QED) is 0.772. The van der Waals surface area contributed by atoms with Gasteiger partial charge in [-0.15, -0.1) is 10.2 Å². The first-order valence-electron chi connectivity index (χ1n) is 7.82. The number of rotatable bonds is 7. The molecule has 2 heterocycles. The third kappa shape index (κ3) is 4.72. The number of aromatic nitrogens is 3. The number of ether oxygens (including phenoxy) is 2. The molecule has 24 heavy (non-hydrogen) atoms. The number of carbonyl (C=O) groups is 1. The van der Waals surface area contributed by atoms with E-state index in [1.807, 2.05) is 31.3 Å². The van der Waals surface area contributed by atoms with E-state index in [0.717, 1.165) is 30.9 Å². The van der Waals surface area contributed by atoms with Gasteiger partial charge in [-0.3, -0.25) is 4.79 Å². The molecular weight excluding hydrogens is 328 g/mol. The number of nitrogens with zero attached hydrogens (tertiary/aromatic N) is 3. The molecule has 1 aliphatic heterocycles. The average molecular weight is 348 g/mol.